The molecule has 0 bridgehead atoms. The number of carboxylic acid groups (broad SMARTS) is 1. The molecule has 0 fully saturated rings. The molecule has 1 heterocycles. The molecule has 6 nitrogen and oxygen atoms in total. The molecule has 0 aromatic carbocycles. The third-order valence-electron chi connectivity index (χ3n) is 2.36. The molecule has 6 heteroatoms. The molecule has 1 aromatic rings. The van der Waals surface area contributed by atoms with Gasteiger partial charge >= 0.3 is 5.97 Å². The summed E-state index contributed by atoms with van der Waals surface area (Å²) in [7, 11) is 3.24. The summed E-state index contributed by atoms with van der Waals surface area (Å²) >= 11 is 0. The van der Waals surface area contributed by atoms with Crippen molar-refractivity contribution in [3.05, 3.63) is 17.5 Å². The van der Waals surface area contributed by atoms with Gasteiger partial charge in [0, 0.05) is 12.6 Å². The molecular weight excluding hydrogens is 198 g/mol. The van der Waals surface area contributed by atoms with Crippen molar-refractivity contribution in [1.29, 1.82) is 0 Å². The smallest absolute Gasteiger partial charge is 0.354 e. The summed E-state index contributed by atoms with van der Waals surface area (Å²) in [6.45, 7) is 2.50. The topological polar surface area (TPSA) is 78.6 Å². The van der Waals surface area contributed by atoms with E-state index in [0.717, 1.165) is 0 Å². The standard InChI is InChI=1S/C9H15N3O3/c1-4-11(2)8(13)6-5-10-12(3)7(6)9(14)15/h5,8,13H,4H2,1-3H3,(H,14,15). The maximum Gasteiger partial charge on any atom is 0.354 e. The fourth-order valence-corrected chi connectivity index (χ4v) is 1.32. The zero-order chi connectivity index (χ0) is 11.6. The second-order valence-electron chi connectivity index (χ2n) is 3.32. The van der Waals surface area contributed by atoms with E-state index in [0.29, 0.717) is 12.1 Å². The van der Waals surface area contributed by atoms with Crippen molar-refractivity contribution in [2.45, 2.75) is 13.2 Å². The predicted molar refractivity (Wildman–Crippen MR) is 53.4 cm³/mol. The Morgan fingerprint density at radius 1 is 1.73 bits per heavy atom. The third kappa shape index (κ3) is 2.16. The van der Waals surface area contributed by atoms with E-state index in [1.165, 1.54) is 17.9 Å². The number of hydrogen-bond acceptors (Lipinski definition) is 4. The minimum absolute atomic E-state index is 0.0165. The lowest BCUT2D eigenvalue weighted by Crippen LogP contribution is -2.25. The van der Waals surface area contributed by atoms with Gasteiger partial charge in [0.2, 0.25) is 0 Å². The fraction of sp³-hybridized carbons (Fsp3) is 0.556. The van der Waals surface area contributed by atoms with Gasteiger partial charge in [-0.25, -0.2) is 4.79 Å². The molecule has 0 aliphatic carbocycles. The Morgan fingerprint density at radius 3 is 2.80 bits per heavy atom. The molecule has 0 saturated heterocycles. The number of nitrogens with zero attached hydrogens (tertiary/aromatic N) is 3. The number of aliphatic hydroxyl groups is 1. The highest BCUT2D eigenvalue weighted by atomic mass is 16.4. The van der Waals surface area contributed by atoms with Crippen LogP contribution >= 0.6 is 0 Å². The van der Waals surface area contributed by atoms with Crippen LogP contribution in [-0.4, -0.2) is 44.5 Å². The summed E-state index contributed by atoms with van der Waals surface area (Å²) in [5, 5.41) is 22.6. The van der Waals surface area contributed by atoms with E-state index < -0.39 is 12.2 Å². The fourth-order valence-electron chi connectivity index (χ4n) is 1.32. The van der Waals surface area contributed by atoms with Crippen LogP contribution in [0.3, 0.4) is 0 Å². The van der Waals surface area contributed by atoms with E-state index in [4.69, 9.17) is 5.11 Å². The Hall–Kier alpha value is -1.40. The zero-order valence-corrected chi connectivity index (χ0v) is 9.01. The maximum atomic E-state index is 10.9. The van der Waals surface area contributed by atoms with Gasteiger partial charge in [0.1, 0.15) is 6.23 Å². The van der Waals surface area contributed by atoms with Gasteiger partial charge < -0.3 is 10.2 Å². The number of aromatic nitrogens is 2. The average Bonchev–Trinajstić information content (AvgIpc) is 2.57. The second kappa shape index (κ2) is 4.41. The van der Waals surface area contributed by atoms with Crippen molar-refractivity contribution in [3.63, 3.8) is 0 Å². The number of aliphatic hydroxyl groups excluding tert-OH is 1. The molecule has 1 unspecified atom stereocenters. The van der Waals surface area contributed by atoms with E-state index in [-0.39, 0.29) is 5.69 Å². The van der Waals surface area contributed by atoms with Gasteiger partial charge in [-0.05, 0) is 13.6 Å². The minimum Gasteiger partial charge on any atom is -0.477 e. The lowest BCUT2D eigenvalue weighted by Gasteiger charge is -2.21. The van der Waals surface area contributed by atoms with Crippen LogP contribution in [0, 0.1) is 0 Å². The Kier molecular flexibility index (Phi) is 3.43. The molecule has 0 aliphatic rings. The molecule has 15 heavy (non-hydrogen) atoms. The van der Waals surface area contributed by atoms with Crippen molar-refractivity contribution in [2.75, 3.05) is 13.6 Å². The number of hydrogen-bond donors (Lipinski definition) is 2. The average molecular weight is 213 g/mol. The SMILES string of the molecule is CCN(C)C(O)c1cnn(C)c1C(=O)O. The van der Waals surface area contributed by atoms with Gasteiger partial charge in [-0.15, -0.1) is 0 Å². The van der Waals surface area contributed by atoms with E-state index in [1.807, 2.05) is 6.92 Å². The molecule has 0 radical (unpaired) electrons. The molecule has 0 spiro atoms. The number of carbonyl (C=O) groups is 1. The Balaban J connectivity index is 3.09. The molecule has 1 aromatic heterocycles. The van der Waals surface area contributed by atoms with Crippen LogP contribution in [-0.2, 0) is 7.05 Å². The number of rotatable bonds is 4. The predicted octanol–water partition coefficient (Wildman–Crippen LogP) is 0.0609. The second-order valence-corrected chi connectivity index (χ2v) is 3.32. The molecular formula is C9H15N3O3. The van der Waals surface area contributed by atoms with Crippen LogP contribution in [0.2, 0.25) is 0 Å². The maximum absolute atomic E-state index is 10.9. The van der Waals surface area contributed by atoms with Gasteiger partial charge in [-0.1, -0.05) is 6.92 Å². The zero-order valence-electron chi connectivity index (χ0n) is 9.01. The van der Waals surface area contributed by atoms with Crippen LogP contribution in [0.4, 0.5) is 0 Å². The lowest BCUT2D eigenvalue weighted by molar-refractivity contribution is 0.0227. The van der Waals surface area contributed by atoms with Crippen LogP contribution in [0.25, 0.3) is 0 Å². The molecule has 0 saturated carbocycles. The van der Waals surface area contributed by atoms with Crippen molar-refractivity contribution in [1.82, 2.24) is 14.7 Å². The molecule has 2 N–H and O–H groups in total. The van der Waals surface area contributed by atoms with E-state index >= 15 is 0 Å². The van der Waals surface area contributed by atoms with E-state index in [1.54, 1.807) is 11.9 Å². The summed E-state index contributed by atoms with van der Waals surface area (Å²) in [6.07, 6.45) is 0.440. The van der Waals surface area contributed by atoms with Crippen LogP contribution in [0.1, 0.15) is 29.2 Å². The largest absolute Gasteiger partial charge is 0.477 e. The number of carboxylic acids is 1. The number of aryl methyl sites for hydroxylation is 1. The summed E-state index contributed by atoms with van der Waals surface area (Å²) in [4.78, 5) is 12.6. The molecule has 1 atom stereocenters. The summed E-state index contributed by atoms with van der Waals surface area (Å²) in [5.41, 5.74) is 0.331. The Morgan fingerprint density at radius 2 is 2.33 bits per heavy atom. The van der Waals surface area contributed by atoms with Crippen LogP contribution in [0.15, 0.2) is 6.20 Å². The molecule has 0 aliphatic heterocycles. The van der Waals surface area contributed by atoms with Crippen molar-refractivity contribution >= 4 is 5.97 Å². The summed E-state index contributed by atoms with van der Waals surface area (Å²) < 4.78 is 1.24. The van der Waals surface area contributed by atoms with Crippen LogP contribution < -0.4 is 0 Å². The molecule has 0 amide bonds. The van der Waals surface area contributed by atoms with Gasteiger partial charge in [-0.3, -0.25) is 9.58 Å². The highest BCUT2D eigenvalue weighted by molar-refractivity contribution is 5.87. The summed E-state index contributed by atoms with van der Waals surface area (Å²) in [5.74, 6) is -1.09. The highest BCUT2D eigenvalue weighted by Crippen LogP contribution is 2.19. The first kappa shape index (κ1) is 11.7. The minimum atomic E-state index is -1.09. The Bertz CT molecular complexity index is 361. The lowest BCUT2D eigenvalue weighted by atomic mass is 10.2. The van der Waals surface area contributed by atoms with Gasteiger partial charge in [0.25, 0.3) is 0 Å². The Labute approximate surface area is 87.7 Å². The van der Waals surface area contributed by atoms with Crippen molar-refractivity contribution in [2.24, 2.45) is 7.05 Å². The normalized spacial score (nSPS) is 13.1. The van der Waals surface area contributed by atoms with E-state index in [9.17, 15) is 9.90 Å². The van der Waals surface area contributed by atoms with Crippen molar-refractivity contribution in [3.8, 4) is 0 Å². The van der Waals surface area contributed by atoms with E-state index in [2.05, 4.69) is 5.10 Å². The van der Waals surface area contributed by atoms with Gasteiger partial charge in [0.15, 0.2) is 5.69 Å². The molecule has 1 rings (SSSR count). The van der Waals surface area contributed by atoms with Crippen molar-refractivity contribution < 1.29 is 15.0 Å². The third-order valence-corrected chi connectivity index (χ3v) is 2.36. The quantitative estimate of drug-likeness (QED) is 0.691. The molecule has 84 valence electrons. The summed E-state index contributed by atoms with van der Waals surface area (Å²) in [6, 6.07) is 0. The van der Waals surface area contributed by atoms with Gasteiger partial charge in [0.05, 0.1) is 6.20 Å². The first-order valence-corrected chi connectivity index (χ1v) is 4.62. The first-order valence-electron chi connectivity index (χ1n) is 4.62. The first-order chi connectivity index (χ1) is 6.99. The van der Waals surface area contributed by atoms with Crippen LogP contribution in [0.5, 0.6) is 0 Å². The number of aromatic carboxylic acids is 1. The monoisotopic (exact) mass is 213 g/mol. The highest BCUT2D eigenvalue weighted by Gasteiger charge is 2.23. The van der Waals surface area contributed by atoms with Gasteiger partial charge in [-0.2, -0.15) is 5.10 Å².